The maximum absolute atomic E-state index is 5.45. The highest BCUT2D eigenvalue weighted by Crippen LogP contribution is 2.62. The lowest BCUT2D eigenvalue weighted by Crippen LogP contribution is -2.29. The molecule has 3 nitrogen and oxygen atoms in total. The van der Waals surface area contributed by atoms with E-state index in [0.29, 0.717) is 17.5 Å². The minimum absolute atomic E-state index is 0.604. The van der Waals surface area contributed by atoms with E-state index in [4.69, 9.17) is 15.0 Å². The molecule has 0 N–H and O–H groups in total. The van der Waals surface area contributed by atoms with Crippen LogP contribution in [-0.4, -0.2) is 15.0 Å². The van der Waals surface area contributed by atoms with E-state index in [2.05, 4.69) is 212 Å². The Morgan fingerprint density at radius 2 is 0.726 bits per heavy atom. The van der Waals surface area contributed by atoms with E-state index in [-0.39, 0.29) is 0 Å². The van der Waals surface area contributed by atoms with Crippen molar-refractivity contribution in [3.8, 4) is 89.8 Å². The summed E-state index contributed by atoms with van der Waals surface area (Å²) in [5.41, 5.74) is 22.2. The SMILES string of the molecule is c1ccc(-c2ccc(-c3nc(-c4ccc5c(c4)-c4ccccc4C5)nc(-c4cccc5c4-c4ccccc4C54c5ccccc5-c5ccccc5-c5ccccc54)n3)cc2)cc1. The molecule has 62 heavy (non-hydrogen) atoms. The number of nitrogens with zero attached hydrogens (tertiary/aromatic N) is 3. The van der Waals surface area contributed by atoms with Crippen molar-refractivity contribution < 1.29 is 0 Å². The molecule has 288 valence electrons. The topological polar surface area (TPSA) is 38.7 Å². The third-order valence-electron chi connectivity index (χ3n) is 13.4. The average molecular weight is 788 g/mol. The molecule has 0 unspecified atom stereocenters. The van der Waals surface area contributed by atoms with Gasteiger partial charge in [0.1, 0.15) is 0 Å². The summed E-state index contributed by atoms with van der Waals surface area (Å²) in [5, 5.41) is 0. The molecule has 1 aromatic heterocycles. The van der Waals surface area contributed by atoms with Crippen molar-refractivity contribution >= 4 is 0 Å². The Labute approximate surface area is 360 Å². The summed E-state index contributed by atoms with van der Waals surface area (Å²) in [6.45, 7) is 0. The highest BCUT2D eigenvalue weighted by Gasteiger charge is 2.50. The number of benzene rings is 9. The van der Waals surface area contributed by atoms with Crippen LogP contribution in [0.2, 0.25) is 0 Å². The highest BCUT2D eigenvalue weighted by atomic mass is 15.0. The lowest BCUT2D eigenvalue weighted by atomic mass is 9.66. The number of rotatable bonds is 4. The summed E-state index contributed by atoms with van der Waals surface area (Å²) < 4.78 is 0. The van der Waals surface area contributed by atoms with Crippen molar-refractivity contribution in [1.82, 2.24) is 15.0 Å². The minimum Gasteiger partial charge on any atom is -0.208 e. The quantitative estimate of drug-likeness (QED) is 0.178. The maximum atomic E-state index is 5.45. The Hall–Kier alpha value is -8.01. The molecule has 0 fully saturated rings. The van der Waals surface area contributed by atoms with E-state index in [1.807, 2.05) is 0 Å². The van der Waals surface area contributed by atoms with Crippen LogP contribution in [0.25, 0.3) is 89.8 Å². The molecule has 0 bridgehead atoms. The van der Waals surface area contributed by atoms with Gasteiger partial charge in [-0.2, -0.15) is 0 Å². The van der Waals surface area contributed by atoms with Gasteiger partial charge in [0.25, 0.3) is 0 Å². The Balaban J connectivity index is 1.07. The standard InChI is InChI=1S/C59H37N3/c1-2-15-37(16-3-1)38-29-31-39(32-30-38)56-60-57(42-34-33-41-35-40-17-4-5-18-43(40)50(41)36-42)62-58(61-56)49-24-14-28-54-55(49)48-23-10-13-27-53(48)59(54)51-25-11-8-21-46(51)44-19-6-7-20-45(44)47-22-9-12-26-52(47)59/h1-34,36H,35H2. The van der Waals surface area contributed by atoms with Gasteiger partial charge in [-0.25, -0.2) is 15.0 Å². The van der Waals surface area contributed by atoms with E-state index in [1.165, 1.54) is 77.9 Å². The summed E-state index contributed by atoms with van der Waals surface area (Å²) in [5.74, 6) is 1.95. The number of hydrogen-bond acceptors (Lipinski definition) is 3. The molecule has 9 aromatic carbocycles. The fraction of sp³-hybridized carbons (Fsp3) is 0.0339. The lowest BCUT2D eigenvalue weighted by molar-refractivity contribution is 0.775. The molecule has 0 saturated carbocycles. The van der Waals surface area contributed by atoms with Crippen molar-refractivity contribution in [3.63, 3.8) is 0 Å². The van der Waals surface area contributed by atoms with E-state index < -0.39 is 5.41 Å². The molecule has 0 atom stereocenters. The normalized spacial score (nSPS) is 13.2. The molecule has 1 spiro atoms. The fourth-order valence-electron chi connectivity index (χ4n) is 10.7. The Morgan fingerprint density at radius 3 is 1.42 bits per heavy atom. The molecule has 0 amide bonds. The largest absolute Gasteiger partial charge is 0.208 e. The van der Waals surface area contributed by atoms with Gasteiger partial charge in [0.2, 0.25) is 0 Å². The third-order valence-corrected chi connectivity index (χ3v) is 13.4. The number of hydrogen-bond donors (Lipinski definition) is 0. The van der Waals surface area contributed by atoms with Crippen LogP contribution in [0.4, 0.5) is 0 Å². The molecule has 0 radical (unpaired) electrons. The Bertz CT molecular complexity index is 3370. The van der Waals surface area contributed by atoms with E-state index in [1.54, 1.807) is 0 Å². The highest BCUT2D eigenvalue weighted by molar-refractivity contribution is 6.00. The van der Waals surface area contributed by atoms with Gasteiger partial charge in [-0.15, -0.1) is 0 Å². The predicted octanol–water partition coefficient (Wildman–Crippen LogP) is 14.1. The van der Waals surface area contributed by atoms with Crippen LogP contribution in [0.3, 0.4) is 0 Å². The fourth-order valence-corrected chi connectivity index (χ4v) is 10.7. The first-order valence-electron chi connectivity index (χ1n) is 21.4. The molecule has 0 saturated heterocycles. The first-order valence-corrected chi connectivity index (χ1v) is 21.4. The van der Waals surface area contributed by atoms with Gasteiger partial charge in [0.15, 0.2) is 17.5 Å². The average Bonchev–Trinajstić information content (AvgIpc) is 3.84. The van der Waals surface area contributed by atoms with Gasteiger partial charge in [-0.3, -0.25) is 0 Å². The van der Waals surface area contributed by atoms with E-state index >= 15 is 0 Å². The second kappa shape index (κ2) is 13.5. The molecule has 3 aliphatic carbocycles. The minimum atomic E-state index is -0.604. The molecular formula is C59H37N3. The summed E-state index contributed by atoms with van der Waals surface area (Å²) in [6.07, 6.45) is 0.932. The first kappa shape index (κ1) is 34.8. The van der Waals surface area contributed by atoms with Gasteiger partial charge in [-0.05, 0) is 102 Å². The van der Waals surface area contributed by atoms with Crippen molar-refractivity contribution in [2.45, 2.75) is 11.8 Å². The smallest absolute Gasteiger partial charge is 0.164 e. The summed E-state index contributed by atoms with van der Waals surface area (Å²) >= 11 is 0. The van der Waals surface area contributed by atoms with Gasteiger partial charge < -0.3 is 0 Å². The molecule has 10 aromatic rings. The van der Waals surface area contributed by atoms with Gasteiger partial charge in [-0.1, -0.05) is 206 Å². The van der Waals surface area contributed by atoms with Gasteiger partial charge >= 0.3 is 0 Å². The summed E-state index contributed by atoms with van der Waals surface area (Å²) in [4.78, 5) is 16.1. The second-order valence-corrected chi connectivity index (χ2v) is 16.6. The maximum Gasteiger partial charge on any atom is 0.164 e. The van der Waals surface area contributed by atoms with Crippen molar-refractivity contribution in [3.05, 3.63) is 246 Å². The number of aromatic nitrogens is 3. The molecule has 3 heteroatoms. The monoisotopic (exact) mass is 787 g/mol. The molecule has 1 heterocycles. The zero-order valence-electron chi connectivity index (χ0n) is 33.8. The molecule has 0 aliphatic heterocycles. The van der Waals surface area contributed by atoms with Gasteiger partial charge in [0, 0.05) is 16.7 Å². The van der Waals surface area contributed by atoms with Crippen LogP contribution in [0, 0.1) is 0 Å². The molecular weight excluding hydrogens is 751 g/mol. The predicted molar refractivity (Wildman–Crippen MR) is 252 cm³/mol. The Kier molecular flexibility index (Phi) is 7.58. The number of fused-ring (bicyclic) bond motifs is 15. The first-order chi connectivity index (χ1) is 30.7. The second-order valence-electron chi connectivity index (χ2n) is 16.6. The van der Waals surface area contributed by atoms with Gasteiger partial charge in [0.05, 0.1) is 5.41 Å². The van der Waals surface area contributed by atoms with Crippen molar-refractivity contribution in [2.24, 2.45) is 0 Å². The van der Waals surface area contributed by atoms with Crippen molar-refractivity contribution in [2.75, 3.05) is 0 Å². The molecule has 13 rings (SSSR count). The van der Waals surface area contributed by atoms with Crippen LogP contribution in [0.5, 0.6) is 0 Å². The Morgan fingerprint density at radius 1 is 0.274 bits per heavy atom. The van der Waals surface area contributed by atoms with Crippen molar-refractivity contribution in [1.29, 1.82) is 0 Å². The van der Waals surface area contributed by atoms with Crippen LogP contribution in [0.15, 0.2) is 212 Å². The molecule has 3 aliphatic rings. The lowest BCUT2D eigenvalue weighted by Gasteiger charge is -2.35. The van der Waals surface area contributed by atoms with Crippen LogP contribution in [-0.2, 0) is 11.8 Å². The zero-order chi connectivity index (χ0) is 40.8. The van der Waals surface area contributed by atoms with Crippen LogP contribution in [0.1, 0.15) is 33.4 Å². The van der Waals surface area contributed by atoms with Crippen LogP contribution >= 0.6 is 0 Å². The van der Waals surface area contributed by atoms with E-state index in [9.17, 15) is 0 Å². The third kappa shape index (κ3) is 5.03. The zero-order valence-corrected chi connectivity index (χ0v) is 33.8. The summed E-state index contributed by atoms with van der Waals surface area (Å²) in [6, 6.07) is 77.2. The van der Waals surface area contributed by atoms with Crippen LogP contribution < -0.4 is 0 Å². The summed E-state index contributed by atoms with van der Waals surface area (Å²) in [7, 11) is 0. The van der Waals surface area contributed by atoms with E-state index in [0.717, 1.165) is 34.2 Å².